The quantitative estimate of drug-likeness (QED) is 0.343. The molecule has 0 aliphatic rings. The lowest BCUT2D eigenvalue weighted by molar-refractivity contribution is -0.112. The maximum absolute atomic E-state index is 13.7. The summed E-state index contributed by atoms with van der Waals surface area (Å²) in [5.74, 6) is -1.51. The van der Waals surface area contributed by atoms with Crippen molar-refractivity contribution in [3.05, 3.63) is 76.7 Å². The first-order chi connectivity index (χ1) is 15.4. The Bertz CT molecular complexity index is 1310. The maximum Gasteiger partial charge on any atom is 0.298 e. The number of halogens is 1. The Hall–Kier alpha value is -3.85. The van der Waals surface area contributed by atoms with Gasteiger partial charge in [0.25, 0.3) is 11.7 Å². The highest BCUT2D eigenvalue weighted by molar-refractivity contribution is 7.14. The molecule has 7 nitrogen and oxygen atoms in total. The number of anilines is 1. The van der Waals surface area contributed by atoms with Crippen molar-refractivity contribution < 1.29 is 18.7 Å². The van der Waals surface area contributed by atoms with Crippen LogP contribution >= 0.6 is 11.3 Å². The molecule has 4 rings (SSSR count). The summed E-state index contributed by atoms with van der Waals surface area (Å²) < 4.78 is 20.6. The predicted octanol–water partition coefficient (Wildman–Crippen LogP) is 4.58. The molecule has 0 aliphatic heterocycles. The summed E-state index contributed by atoms with van der Waals surface area (Å²) in [5, 5.41) is 8.82. The summed E-state index contributed by atoms with van der Waals surface area (Å²) in [6, 6.07) is 13.4. The zero-order valence-electron chi connectivity index (χ0n) is 17.5. The molecular formula is C23H19FN4O3S. The minimum absolute atomic E-state index is 0.218. The minimum atomic E-state index is -0.823. The first-order valence-electron chi connectivity index (χ1n) is 9.65. The van der Waals surface area contributed by atoms with E-state index in [0.29, 0.717) is 28.4 Å². The van der Waals surface area contributed by atoms with E-state index in [1.807, 2.05) is 30.3 Å². The fraction of sp³-hybridized carbons (Fsp3) is 0.130. The van der Waals surface area contributed by atoms with Gasteiger partial charge in [-0.3, -0.25) is 14.9 Å². The number of amides is 1. The summed E-state index contributed by atoms with van der Waals surface area (Å²) in [5.41, 5.74) is 2.94. The number of para-hydroxylation sites is 1. The van der Waals surface area contributed by atoms with Crippen LogP contribution in [0.1, 0.15) is 21.7 Å². The molecule has 0 bridgehead atoms. The fourth-order valence-corrected chi connectivity index (χ4v) is 4.10. The number of hydrogen-bond acceptors (Lipinski definition) is 6. The Labute approximate surface area is 187 Å². The van der Waals surface area contributed by atoms with Gasteiger partial charge in [-0.1, -0.05) is 18.2 Å². The third-order valence-electron chi connectivity index (χ3n) is 4.89. The smallest absolute Gasteiger partial charge is 0.298 e. The van der Waals surface area contributed by atoms with E-state index >= 15 is 0 Å². The molecule has 1 N–H and O–H groups in total. The third-order valence-corrected chi connectivity index (χ3v) is 5.65. The lowest BCUT2D eigenvalue weighted by atomic mass is 10.1. The SMILES string of the molecule is COc1ccc(F)cc1-c1csc(NC(=O)C(=O)c2c(C)nn(-c3ccccc3)c2C)n1. The number of aryl methyl sites for hydroxylation is 1. The van der Waals surface area contributed by atoms with Crippen molar-refractivity contribution in [2.45, 2.75) is 13.8 Å². The van der Waals surface area contributed by atoms with Crippen molar-refractivity contribution in [3.8, 4) is 22.7 Å². The van der Waals surface area contributed by atoms with Crippen LogP contribution in [-0.4, -0.2) is 33.6 Å². The van der Waals surface area contributed by atoms with Crippen molar-refractivity contribution in [2.24, 2.45) is 0 Å². The number of methoxy groups -OCH3 is 1. The van der Waals surface area contributed by atoms with Gasteiger partial charge in [0.1, 0.15) is 11.6 Å². The van der Waals surface area contributed by atoms with Gasteiger partial charge < -0.3 is 4.74 Å². The number of benzene rings is 2. The van der Waals surface area contributed by atoms with E-state index in [0.717, 1.165) is 17.0 Å². The number of ether oxygens (including phenoxy) is 1. The topological polar surface area (TPSA) is 86.1 Å². The number of ketones is 1. The Morgan fingerprint density at radius 3 is 2.59 bits per heavy atom. The van der Waals surface area contributed by atoms with Gasteiger partial charge in [-0.15, -0.1) is 11.3 Å². The molecule has 162 valence electrons. The largest absolute Gasteiger partial charge is 0.496 e. The number of hydrogen-bond donors (Lipinski definition) is 1. The first kappa shape index (κ1) is 21.4. The minimum Gasteiger partial charge on any atom is -0.496 e. The second-order valence-corrected chi connectivity index (χ2v) is 7.82. The Balaban J connectivity index is 1.57. The van der Waals surface area contributed by atoms with Gasteiger partial charge >= 0.3 is 0 Å². The number of carbonyl (C=O) groups is 2. The van der Waals surface area contributed by atoms with Gasteiger partial charge in [0.15, 0.2) is 5.13 Å². The lowest BCUT2D eigenvalue weighted by Crippen LogP contribution is -2.24. The van der Waals surface area contributed by atoms with Crippen LogP contribution in [0.2, 0.25) is 0 Å². The van der Waals surface area contributed by atoms with Crippen molar-refractivity contribution in [1.82, 2.24) is 14.8 Å². The third kappa shape index (κ3) is 4.02. The van der Waals surface area contributed by atoms with E-state index in [-0.39, 0.29) is 10.7 Å². The molecule has 2 heterocycles. The van der Waals surface area contributed by atoms with Crippen LogP contribution in [0.4, 0.5) is 9.52 Å². The molecule has 0 saturated heterocycles. The van der Waals surface area contributed by atoms with E-state index in [4.69, 9.17) is 4.74 Å². The van der Waals surface area contributed by atoms with Crippen LogP contribution in [0.3, 0.4) is 0 Å². The number of nitrogens with one attached hydrogen (secondary N) is 1. The average molecular weight is 450 g/mol. The van der Waals surface area contributed by atoms with E-state index in [1.54, 1.807) is 23.9 Å². The molecule has 1 amide bonds. The Morgan fingerprint density at radius 1 is 1.12 bits per heavy atom. The van der Waals surface area contributed by atoms with Crippen LogP contribution in [-0.2, 0) is 4.79 Å². The van der Waals surface area contributed by atoms with Gasteiger partial charge in [0.05, 0.1) is 35.4 Å². The molecular weight excluding hydrogens is 431 g/mol. The van der Waals surface area contributed by atoms with Crippen molar-refractivity contribution in [1.29, 1.82) is 0 Å². The molecule has 0 atom stereocenters. The van der Waals surface area contributed by atoms with Gasteiger partial charge in [-0.25, -0.2) is 14.1 Å². The van der Waals surface area contributed by atoms with E-state index in [1.165, 1.54) is 25.3 Å². The number of carbonyl (C=O) groups excluding carboxylic acids is 2. The van der Waals surface area contributed by atoms with Crippen LogP contribution in [0.25, 0.3) is 16.9 Å². The summed E-state index contributed by atoms with van der Waals surface area (Å²) in [6.07, 6.45) is 0. The molecule has 2 aromatic carbocycles. The summed E-state index contributed by atoms with van der Waals surface area (Å²) >= 11 is 1.13. The fourth-order valence-electron chi connectivity index (χ4n) is 3.39. The number of aromatic nitrogens is 3. The summed E-state index contributed by atoms with van der Waals surface area (Å²) in [4.78, 5) is 29.9. The van der Waals surface area contributed by atoms with Crippen molar-refractivity contribution >= 4 is 28.2 Å². The number of thiazole rings is 1. The molecule has 0 saturated carbocycles. The zero-order chi connectivity index (χ0) is 22.8. The number of nitrogens with zero attached hydrogens (tertiary/aromatic N) is 3. The predicted molar refractivity (Wildman–Crippen MR) is 120 cm³/mol. The van der Waals surface area contributed by atoms with Crippen LogP contribution in [0, 0.1) is 19.7 Å². The molecule has 4 aromatic rings. The molecule has 32 heavy (non-hydrogen) atoms. The second kappa shape index (κ2) is 8.72. The van der Waals surface area contributed by atoms with E-state index < -0.39 is 17.5 Å². The van der Waals surface area contributed by atoms with Crippen LogP contribution in [0.15, 0.2) is 53.9 Å². The normalized spacial score (nSPS) is 10.8. The highest BCUT2D eigenvalue weighted by atomic mass is 32.1. The van der Waals surface area contributed by atoms with E-state index in [2.05, 4.69) is 15.4 Å². The molecule has 0 fully saturated rings. The van der Waals surface area contributed by atoms with Crippen molar-refractivity contribution in [2.75, 3.05) is 12.4 Å². The molecule has 0 aliphatic carbocycles. The van der Waals surface area contributed by atoms with Gasteiger partial charge in [0, 0.05) is 10.9 Å². The maximum atomic E-state index is 13.7. The summed E-state index contributed by atoms with van der Waals surface area (Å²) in [7, 11) is 1.48. The van der Waals surface area contributed by atoms with Crippen LogP contribution < -0.4 is 10.1 Å². The van der Waals surface area contributed by atoms with Crippen molar-refractivity contribution in [3.63, 3.8) is 0 Å². The number of Topliss-reactive ketones (excluding diaryl/α,β-unsaturated/α-hetero) is 1. The Kier molecular flexibility index (Phi) is 5.83. The average Bonchev–Trinajstić information content (AvgIpc) is 3.37. The van der Waals surface area contributed by atoms with Gasteiger partial charge in [0.2, 0.25) is 0 Å². The lowest BCUT2D eigenvalue weighted by Gasteiger charge is -2.06. The summed E-state index contributed by atoms with van der Waals surface area (Å²) in [6.45, 7) is 3.43. The molecule has 0 unspecified atom stereocenters. The highest BCUT2D eigenvalue weighted by Gasteiger charge is 2.26. The second-order valence-electron chi connectivity index (χ2n) is 6.96. The number of rotatable bonds is 6. The van der Waals surface area contributed by atoms with Crippen LogP contribution in [0.5, 0.6) is 5.75 Å². The highest BCUT2D eigenvalue weighted by Crippen LogP contribution is 2.33. The molecule has 9 heteroatoms. The van der Waals surface area contributed by atoms with Gasteiger partial charge in [-0.2, -0.15) is 5.10 Å². The monoisotopic (exact) mass is 450 g/mol. The van der Waals surface area contributed by atoms with E-state index in [9.17, 15) is 14.0 Å². The standard InChI is InChI=1S/C23H19FN4O3S/c1-13-20(14(2)28(27-13)16-7-5-4-6-8-16)21(29)22(30)26-23-25-18(12-32-23)17-11-15(24)9-10-19(17)31-3/h4-12H,1-3H3,(H,25,26,30). The zero-order valence-corrected chi connectivity index (χ0v) is 18.4. The van der Waals surface area contributed by atoms with Gasteiger partial charge in [-0.05, 0) is 44.2 Å². The molecule has 0 spiro atoms. The molecule has 0 radical (unpaired) electrons. The molecule has 2 aromatic heterocycles. The Morgan fingerprint density at radius 2 is 1.88 bits per heavy atom. The first-order valence-corrected chi connectivity index (χ1v) is 10.5.